The molecule has 2 heterocycles. The van der Waals surface area contributed by atoms with Crippen molar-refractivity contribution < 1.29 is 9.90 Å². The molecule has 0 bridgehead atoms. The fourth-order valence-corrected chi connectivity index (χ4v) is 2.71. The van der Waals surface area contributed by atoms with Crippen LogP contribution < -0.4 is 10.6 Å². The van der Waals surface area contributed by atoms with E-state index in [0.29, 0.717) is 5.82 Å². The van der Waals surface area contributed by atoms with Gasteiger partial charge in [0.2, 0.25) is 0 Å². The van der Waals surface area contributed by atoms with Gasteiger partial charge < -0.3 is 10.4 Å². The maximum Gasteiger partial charge on any atom is 0.320 e. The molecule has 1 aromatic carbocycles. The number of aromatic nitrogens is 3. The van der Waals surface area contributed by atoms with Crippen LogP contribution in [0.5, 0.6) is 0 Å². The van der Waals surface area contributed by atoms with Crippen LogP contribution in [0, 0.1) is 0 Å². The average molecular weight is 339 g/mol. The molecule has 1 unspecified atom stereocenters. The summed E-state index contributed by atoms with van der Waals surface area (Å²) >= 11 is 0. The Morgan fingerprint density at radius 3 is 2.64 bits per heavy atom. The van der Waals surface area contributed by atoms with Gasteiger partial charge >= 0.3 is 6.03 Å². The van der Waals surface area contributed by atoms with Gasteiger partial charge in [-0.15, -0.1) is 0 Å². The molecule has 3 rings (SSSR count). The maximum atomic E-state index is 12.4. The molecule has 0 saturated carbocycles. The number of carbonyl (C=O) groups excluding carboxylic acids is 1. The van der Waals surface area contributed by atoms with E-state index in [0.717, 1.165) is 16.5 Å². The second-order valence-electron chi connectivity index (χ2n) is 6.49. The first-order valence-electron chi connectivity index (χ1n) is 7.97. The molecule has 0 radical (unpaired) electrons. The summed E-state index contributed by atoms with van der Waals surface area (Å²) in [6.07, 6.45) is 3.37. The minimum atomic E-state index is -1.13. The number of nitrogens with one attached hydrogen (secondary N) is 2. The summed E-state index contributed by atoms with van der Waals surface area (Å²) in [5.41, 5.74) is 0.574. The lowest BCUT2D eigenvalue weighted by Gasteiger charge is -2.30. The van der Waals surface area contributed by atoms with Gasteiger partial charge in [0.05, 0.1) is 29.6 Å². The molecule has 0 saturated heterocycles. The van der Waals surface area contributed by atoms with Crippen LogP contribution in [0.1, 0.15) is 25.5 Å². The van der Waals surface area contributed by atoms with Crippen LogP contribution in [0.15, 0.2) is 48.8 Å². The molecular weight excluding hydrogens is 318 g/mol. The molecule has 0 aliphatic heterocycles. The highest BCUT2D eigenvalue weighted by Gasteiger charge is 2.29. The van der Waals surface area contributed by atoms with E-state index in [1.165, 1.54) is 0 Å². The van der Waals surface area contributed by atoms with Crippen molar-refractivity contribution in [2.24, 2.45) is 7.05 Å². The number of hydrogen-bond acceptors (Lipinski definition) is 4. The van der Waals surface area contributed by atoms with Crippen LogP contribution >= 0.6 is 0 Å². The van der Waals surface area contributed by atoms with Gasteiger partial charge in [0.15, 0.2) is 0 Å². The van der Waals surface area contributed by atoms with E-state index in [2.05, 4.69) is 20.7 Å². The Bertz CT molecular complexity index is 883. The second kappa shape index (κ2) is 6.52. The van der Waals surface area contributed by atoms with E-state index < -0.39 is 17.7 Å². The lowest BCUT2D eigenvalue weighted by atomic mass is 9.92. The number of rotatable bonds is 4. The van der Waals surface area contributed by atoms with E-state index in [1.54, 1.807) is 37.0 Å². The summed E-state index contributed by atoms with van der Waals surface area (Å²) in [4.78, 5) is 16.6. The molecule has 0 spiro atoms. The molecule has 2 aromatic heterocycles. The molecule has 3 aromatic rings. The predicted octanol–water partition coefficient (Wildman–Crippen LogP) is 2.60. The average Bonchev–Trinajstić information content (AvgIpc) is 2.93. The van der Waals surface area contributed by atoms with Gasteiger partial charge in [-0.3, -0.25) is 10.00 Å². The van der Waals surface area contributed by atoms with Gasteiger partial charge in [0, 0.05) is 12.4 Å². The van der Waals surface area contributed by atoms with Crippen LogP contribution in [-0.4, -0.2) is 31.5 Å². The number of fused-ring (bicyclic) bond motifs is 1. The smallest absolute Gasteiger partial charge is 0.320 e. The van der Waals surface area contributed by atoms with Crippen molar-refractivity contribution in [2.75, 3.05) is 5.32 Å². The Hall–Kier alpha value is -2.93. The Morgan fingerprint density at radius 1 is 1.24 bits per heavy atom. The van der Waals surface area contributed by atoms with E-state index >= 15 is 0 Å². The summed E-state index contributed by atoms with van der Waals surface area (Å²) < 4.78 is 1.71. The Labute approximate surface area is 145 Å². The third kappa shape index (κ3) is 3.77. The highest BCUT2D eigenvalue weighted by Crippen LogP contribution is 2.25. The number of urea groups is 1. The van der Waals surface area contributed by atoms with Gasteiger partial charge in [-0.2, -0.15) is 5.10 Å². The third-order valence-corrected chi connectivity index (χ3v) is 3.99. The van der Waals surface area contributed by atoms with Crippen molar-refractivity contribution in [3.63, 3.8) is 0 Å². The summed E-state index contributed by atoms with van der Waals surface area (Å²) in [7, 11) is 1.83. The zero-order valence-electron chi connectivity index (χ0n) is 14.4. The highest BCUT2D eigenvalue weighted by atomic mass is 16.3. The Morgan fingerprint density at radius 2 is 1.96 bits per heavy atom. The minimum absolute atomic E-state index is 0.417. The minimum Gasteiger partial charge on any atom is -0.388 e. The fourth-order valence-electron chi connectivity index (χ4n) is 2.71. The van der Waals surface area contributed by atoms with E-state index in [9.17, 15) is 9.90 Å². The van der Waals surface area contributed by atoms with Gasteiger partial charge in [-0.1, -0.05) is 30.3 Å². The summed E-state index contributed by atoms with van der Waals surface area (Å²) in [5.74, 6) is 0.417. The first-order valence-corrected chi connectivity index (χ1v) is 7.97. The van der Waals surface area contributed by atoms with Crippen molar-refractivity contribution >= 4 is 22.8 Å². The molecular formula is C18H21N5O2. The molecule has 0 aliphatic rings. The molecule has 7 nitrogen and oxygen atoms in total. The number of aryl methyl sites for hydroxylation is 1. The first kappa shape index (κ1) is 16.9. The van der Waals surface area contributed by atoms with Crippen molar-refractivity contribution in [1.29, 1.82) is 0 Å². The first-order chi connectivity index (χ1) is 11.8. The van der Waals surface area contributed by atoms with Gasteiger partial charge in [0.25, 0.3) is 0 Å². The van der Waals surface area contributed by atoms with E-state index in [4.69, 9.17) is 0 Å². The summed E-state index contributed by atoms with van der Waals surface area (Å²) in [6.45, 7) is 3.32. The lowest BCUT2D eigenvalue weighted by molar-refractivity contribution is 0.0415. The number of benzene rings is 1. The van der Waals surface area contributed by atoms with Crippen molar-refractivity contribution in [2.45, 2.75) is 25.5 Å². The largest absolute Gasteiger partial charge is 0.388 e. The normalized spacial score (nSPS) is 12.8. The number of nitrogens with zero attached hydrogens (tertiary/aromatic N) is 3. The fraction of sp³-hybridized carbons (Fsp3) is 0.278. The SMILES string of the molecule is Cn1ncc2cc(NC(=O)NC(c3ccccc3)C(C)(C)O)ncc21. The molecule has 130 valence electrons. The van der Waals surface area contributed by atoms with Crippen molar-refractivity contribution in [3.8, 4) is 0 Å². The number of pyridine rings is 1. The molecule has 25 heavy (non-hydrogen) atoms. The third-order valence-electron chi connectivity index (χ3n) is 3.99. The standard InChI is InChI=1S/C18H21N5O2/c1-18(2,25)16(12-7-5-4-6-8-12)22-17(24)21-15-9-13-10-20-23(3)14(13)11-19-15/h4-11,16,25H,1-3H3,(H2,19,21,22,24). The van der Waals surface area contributed by atoms with Crippen LogP contribution in [-0.2, 0) is 7.05 Å². The molecule has 0 fully saturated rings. The van der Waals surface area contributed by atoms with Gasteiger partial charge in [-0.25, -0.2) is 9.78 Å². The molecule has 1 atom stereocenters. The maximum absolute atomic E-state index is 12.4. The van der Waals surface area contributed by atoms with Gasteiger partial charge in [0.1, 0.15) is 5.82 Å². The zero-order chi connectivity index (χ0) is 18.0. The number of hydrogen-bond donors (Lipinski definition) is 3. The number of aliphatic hydroxyl groups is 1. The van der Waals surface area contributed by atoms with Crippen molar-refractivity contribution in [3.05, 3.63) is 54.4 Å². The van der Waals surface area contributed by atoms with Crippen LogP contribution in [0.4, 0.5) is 10.6 Å². The van der Waals surface area contributed by atoms with E-state index in [1.807, 2.05) is 37.4 Å². The van der Waals surface area contributed by atoms with E-state index in [-0.39, 0.29) is 0 Å². The van der Waals surface area contributed by atoms with Crippen LogP contribution in [0.3, 0.4) is 0 Å². The molecule has 3 N–H and O–H groups in total. The number of carbonyl (C=O) groups is 1. The number of amides is 2. The zero-order valence-corrected chi connectivity index (χ0v) is 14.4. The Kier molecular flexibility index (Phi) is 4.41. The molecule has 2 amide bonds. The quantitative estimate of drug-likeness (QED) is 0.681. The number of anilines is 1. The predicted molar refractivity (Wildman–Crippen MR) is 96.1 cm³/mol. The van der Waals surface area contributed by atoms with Crippen molar-refractivity contribution in [1.82, 2.24) is 20.1 Å². The van der Waals surface area contributed by atoms with Gasteiger partial charge in [-0.05, 0) is 25.5 Å². The molecule has 0 aliphatic carbocycles. The summed E-state index contributed by atoms with van der Waals surface area (Å²) in [6, 6.07) is 10.1. The van der Waals surface area contributed by atoms with Crippen LogP contribution in [0.25, 0.3) is 10.9 Å². The lowest BCUT2D eigenvalue weighted by Crippen LogP contribution is -2.43. The van der Waals surface area contributed by atoms with Crippen LogP contribution in [0.2, 0.25) is 0 Å². The topological polar surface area (TPSA) is 92.1 Å². The Balaban J connectivity index is 1.77. The highest BCUT2D eigenvalue weighted by molar-refractivity contribution is 5.91. The molecule has 7 heteroatoms. The second-order valence-corrected chi connectivity index (χ2v) is 6.49. The summed E-state index contributed by atoms with van der Waals surface area (Å²) in [5, 5.41) is 21.0. The monoisotopic (exact) mass is 339 g/mol.